The van der Waals surface area contributed by atoms with Gasteiger partial charge < -0.3 is 21.3 Å². The predicted octanol–water partition coefficient (Wildman–Crippen LogP) is 0.409. The summed E-state index contributed by atoms with van der Waals surface area (Å²) in [6.07, 6.45) is 1.20. The monoisotopic (exact) mass is 569 g/mol. The topological polar surface area (TPSA) is 180 Å². The van der Waals surface area contributed by atoms with Crippen molar-refractivity contribution in [2.45, 2.75) is 62.1 Å². The molecule has 1 saturated carbocycles. The average molecular weight is 570 g/mol. The molecule has 1 aromatic carbocycles. The van der Waals surface area contributed by atoms with E-state index in [4.69, 9.17) is 11.0 Å². The molecule has 4 rings (SSSR count). The number of nitriles is 1. The van der Waals surface area contributed by atoms with Gasteiger partial charge in [0.15, 0.2) is 15.5 Å². The summed E-state index contributed by atoms with van der Waals surface area (Å²) in [5.74, 6) is -1.22. The number of aryl methyl sites for hydroxylation is 1. The first-order valence-corrected chi connectivity index (χ1v) is 14.6. The summed E-state index contributed by atoms with van der Waals surface area (Å²) in [6, 6.07) is 8.14. The van der Waals surface area contributed by atoms with E-state index in [1.807, 2.05) is 6.07 Å². The van der Waals surface area contributed by atoms with Crippen molar-refractivity contribution in [1.29, 1.82) is 5.26 Å². The van der Waals surface area contributed by atoms with Crippen LogP contribution in [0.2, 0.25) is 0 Å². The van der Waals surface area contributed by atoms with Crippen molar-refractivity contribution in [3.63, 3.8) is 0 Å². The standard InChI is InChI=1S/C27H35N7O5S/c1-17(29)23(35)31-15-26(2,3)40(38,39)27(10-11-27)16-34-12-9-20-21(32-33(4)22(20)25(34)37)24(36)30-14-19-7-5-18(13-28)6-8-19/h5-8,17H,9-12,14-16,29H2,1-4H3,(H,30,36)(H,31,35)/t17-/m1/s1. The van der Waals surface area contributed by atoms with Crippen molar-refractivity contribution in [3.8, 4) is 6.07 Å². The third-order valence-electron chi connectivity index (χ3n) is 7.70. The van der Waals surface area contributed by atoms with Crippen molar-refractivity contribution in [1.82, 2.24) is 25.3 Å². The fourth-order valence-electron chi connectivity index (χ4n) is 5.01. The highest BCUT2D eigenvalue weighted by Crippen LogP contribution is 2.49. The average Bonchev–Trinajstić information content (AvgIpc) is 3.63. The Morgan fingerprint density at radius 1 is 1.23 bits per heavy atom. The van der Waals surface area contributed by atoms with E-state index in [0.29, 0.717) is 30.4 Å². The fraction of sp³-hybridized carbons (Fsp3) is 0.519. The minimum Gasteiger partial charge on any atom is -0.353 e. The lowest BCUT2D eigenvalue weighted by molar-refractivity contribution is -0.122. The molecule has 0 bridgehead atoms. The molecule has 214 valence electrons. The van der Waals surface area contributed by atoms with Crippen molar-refractivity contribution in [2.24, 2.45) is 12.8 Å². The molecule has 2 aliphatic rings. The summed E-state index contributed by atoms with van der Waals surface area (Å²) in [6.45, 7) is 5.11. The number of fused-ring (bicyclic) bond motifs is 1. The van der Waals surface area contributed by atoms with Crippen LogP contribution >= 0.6 is 0 Å². The molecule has 0 unspecified atom stereocenters. The molecule has 1 atom stereocenters. The van der Waals surface area contributed by atoms with Crippen LogP contribution in [0.3, 0.4) is 0 Å². The molecular formula is C27H35N7O5S. The van der Waals surface area contributed by atoms with Crippen LogP contribution in [-0.2, 0) is 34.6 Å². The van der Waals surface area contributed by atoms with Crippen molar-refractivity contribution in [2.75, 3.05) is 19.6 Å². The molecule has 2 aromatic rings. The number of aromatic nitrogens is 2. The third kappa shape index (κ3) is 5.33. The number of hydrogen-bond acceptors (Lipinski definition) is 8. The molecule has 12 nitrogen and oxygen atoms in total. The number of benzene rings is 1. The molecule has 1 aliphatic carbocycles. The second-order valence-corrected chi connectivity index (χ2v) is 14.2. The van der Waals surface area contributed by atoms with Crippen LogP contribution in [0.4, 0.5) is 0 Å². The predicted molar refractivity (Wildman–Crippen MR) is 147 cm³/mol. The van der Waals surface area contributed by atoms with E-state index in [-0.39, 0.29) is 43.5 Å². The number of nitrogens with zero attached hydrogens (tertiary/aromatic N) is 4. The minimum atomic E-state index is -3.76. The molecule has 0 saturated heterocycles. The number of hydrogen-bond donors (Lipinski definition) is 3. The second kappa shape index (κ2) is 10.7. The van der Waals surface area contributed by atoms with E-state index in [9.17, 15) is 22.8 Å². The Morgan fingerprint density at radius 2 is 1.88 bits per heavy atom. The normalized spacial score (nSPS) is 17.0. The van der Waals surface area contributed by atoms with E-state index >= 15 is 0 Å². The highest BCUT2D eigenvalue weighted by atomic mass is 32.2. The number of carbonyl (C=O) groups excluding carboxylic acids is 3. The molecule has 3 amide bonds. The molecule has 4 N–H and O–H groups in total. The van der Waals surface area contributed by atoms with Gasteiger partial charge in [0.1, 0.15) is 5.69 Å². The summed E-state index contributed by atoms with van der Waals surface area (Å²) in [7, 11) is -2.17. The minimum absolute atomic E-state index is 0.0314. The van der Waals surface area contributed by atoms with Crippen molar-refractivity contribution >= 4 is 27.6 Å². The first kappa shape index (κ1) is 29.2. The molecule has 0 radical (unpaired) electrons. The zero-order chi connectivity index (χ0) is 29.5. The van der Waals surface area contributed by atoms with Gasteiger partial charge in [0.2, 0.25) is 5.91 Å². The lowest BCUT2D eigenvalue weighted by Gasteiger charge is -2.35. The van der Waals surface area contributed by atoms with Crippen molar-refractivity contribution in [3.05, 3.63) is 52.3 Å². The number of amides is 3. The van der Waals surface area contributed by atoms with E-state index in [1.165, 1.54) is 16.5 Å². The highest BCUT2D eigenvalue weighted by molar-refractivity contribution is 7.94. The van der Waals surface area contributed by atoms with Gasteiger partial charge >= 0.3 is 0 Å². The van der Waals surface area contributed by atoms with E-state index < -0.39 is 37.2 Å². The van der Waals surface area contributed by atoms with Gasteiger partial charge in [0, 0.05) is 38.8 Å². The maximum atomic E-state index is 13.7. The highest BCUT2D eigenvalue weighted by Gasteiger charge is 2.61. The number of nitrogens with one attached hydrogen (secondary N) is 2. The molecule has 1 fully saturated rings. The summed E-state index contributed by atoms with van der Waals surface area (Å²) in [4.78, 5) is 40.0. The van der Waals surface area contributed by atoms with Gasteiger partial charge in [0.05, 0.1) is 27.2 Å². The Hall–Kier alpha value is -3.76. The number of rotatable bonds is 10. The summed E-state index contributed by atoms with van der Waals surface area (Å²) < 4.78 is 26.5. The first-order chi connectivity index (χ1) is 18.7. The van der Waals surface area contributed by atoms with Gasteiger partial charge in [-0.05, 0) is 57.7 Å². The Morgan fingerprint density at radius 3 is 2.45 bits per heavy atom. The summed E-state index contributed by atoms with van der Waals surface area (Å²) in [5.41, 5.74) is 7.90. The maximum Gasteiger partial charge on any atom is 0.272 e. The fourth-order valence-corrected chi connectivity index (χ4v) is 7.41. The molecule has 13 heteroatoms. The molecule has 1 aromatic heterocycles. The summed E-state index contributed by atoms with van der Waals surface area (Å²) in [5, 5.41) is 18.7. The quantitative estimate of drug-likeness (QED) is 0.368. The van der Waals surface area contributed by atoms with E-state index in [0.717, 1.165) is 5.56 Å². The molecule has 2 heterocycles. The summed E-state index contributed by atoms with van der Waals surface area (Å²) >= 11 is 0. The van der Waals surface area contributed by atoms with Crippen LogP contribution in [0.1, 0.15) is 71.3 Å². The Balaban J connectivity index is 1.46. The van der Waals surface area contributed by atoms with Gasteiger partial charge in [-0.1, -0.05) is 12.1 Å². The van der Waals surface area contributed by atoms with Gasteiger partial charge in [-0.15, -0.1) is 0 Å². The van der Waals surface area contributed by atoms with Gasteiger partial charge in [-0.3, -0.25) is 19.1 Å². The van der Waals surface area contributed by atoms with Crippen LogP contribution in [0, 0.1) is 11.3 Å². The van der Waals surface area contributed by atoms with Gasteiger partial charge in [-0.2, -0.15) is 10.4 Å². The van der Waals surface area contributed by atoms with Gasteiger partial charge in [-0.25, -0.2) is 8.42 Å². The zero-order valence-electron chi connectivity index (χ0n) is 23.2. The number of carbonyl (C=O) groups is 3. The molecule has 1 aliphatic heterocycles. The van der Waals surface area contributed by atoms with Crippen LogP contribution < -0.4 is 16.4 Å². The number of sulfone groups is 1. The van der Waals surface area contributed by atoms with Gasteiger partial charge in [0.25, 0.3) is 11.8 Å². The lowest BCUT2D eigenvalue weighted by atomic mass is 10.0. The first-order valence-electron chi connectivity index (χ1n) is 13.1. The van der Waals surface area contributed by atoms with Crippen LogP contribution in [0.5, 0.6) is 0 Å². The van der Waals surface area contributed by atoms with E-state index in [2.05, 4.69) is 15.7 Å². The SMILES string of the molecule is C[C@@H](N)C(=O)NCC(C)(C)S(=O)(=O)C1(CN2CCc3c(C(=O)NCc4ccc(C#N)cc4)nn(C)c3C2=O)CC1. The lowest BCUT2D eigenvalue weighted by Crippen LogP contribution is -2.54. The van der Waals surface area contributed by atoms with Crippen LogP contribution in [0.15, 0.2) is 24.3 Å². The molecular weight excluding hydrogens is 534 g/mol. The molecule has 40 heavy (non-hydrogen) atoms. The zero-order valence-corrected chi connectivity index (χ0v) is 24.0. The Bertz CT molecular complexity index is 1480. The Labute approximate surface area is 233 Å². The second-order valence-electron chi connectivity index (χ2n) is 11.2. The third-order valence-corrected chi connectivity index (χ3v) is 11.0. The largest absolute Gasteiger partial charge is 0.353 e. The number of nitrogens with two attached hydrogens (primary N) is 1. The Kier molecular flexibility index (Phi) is 7.79. The molecule has 0 spiro atoms. The van der Waals surface area contributed by atoms with Crippen LogP contribution in [-0.4, -0.2) is 76.0 Å². The maximum absolute atomic E-state index is 13.7. The van der Waals surface area contributed by atoms with Crippen molar-refractivity contribution < 1.29 is 22.8 Å². The van der Waals surface area contributed by atoms with E-state index in [1.54, 1.807) is 45.2 Å². The smallest absolute Gasteiger partial charge is 0.272 e. The van der Waals surface area contributed by atoms with Crippen LogP contribution in [0.25, 0.3) is 0 Å².